The number of nitrogens with zero attached hydrogens (tertiary/aromatic N) is 2. The maximum Gasteiger partial charge on any atom is 0.254 e. The van der Waals surface area contributed by atoms with E-state index in [0.29, 0.717) is 37.3 Å². The van der Waals surface area contributed by atoms with E-state index in [2.05, 4.69) is 24.3 Å². The van der Waals surface area contributed by atoms with Gasteiger partial charge in [-0.2, -0.15) is 0 Å². The highest BCUT2D eigenvalue weighted by atomic mass is 16.2. The van der Waals surface area contributed by atoms with Gasteiger partial charge in [0.2, 0.25) is 0 Å². The summed E-state index contributed by atoms with van der Waals surface area (Å²) in [6.45, 7) is 1.65. The largest absolute Gasteiger partial charge is 0.333 e. The quantitative estimate of drug-likeness (QED) is 0.149. The molecule has 0 spiro atoms. The molecule has 6 aromatic rings. The van der Waals surface area contributed by atoms with Crippen LogP contribution in [-0.2, 0) is 13.1 Å². The maximum absolute atomic E-state index is 14.0. The molecule has 0 N–H and O–H groups in total. The normalized spacial score (nSPS) is 10.7. The van der Waals surface area contributed by atoms with E-state index in [1.165, 1.54) is 0 Å². The first-order valence-electron chi connectivity index (χ1n) is 15.6. The van der Waals surface area contributed by atoms with Gasteiger partial charge < -0.3 is 9.80 Å². The number of amides is 2. The molecular formula is C42H36N2O2. The monoisotopic (exact) mass is 600 g/mol. The van der Waals surface area contributed by atoms with E-state index in [9.17, 15) is 9.59 Å². The first-order valence-corrected chi connectivity index (χ1v) is 15.6. The number of rotatable bonds is 11. The molecule has 0 fully saturated rings. The molecule has 46 heavy (non-hydrogen) atoms. The Morgan fingerprint density at radius 1 is 0.348 bits per heavy atom. The molecule has 0 radical (unpaired) electrons. The van der Waals surface area contributed by atoms with Gasteiger partial charge in [-0.05, 0) is 57.6 Å². The Morgan fingerprint density at radius 2 is 0.630 bits per heavy atom. The second kappa shape index (κ2) is 14.8. The van der Waals surface area contributed by atoms with E-state index in [1.807, 2.05) is 155 Å². The molecular weight excluding hydrogens is 564 g/mol. The van der Waals surface area contributed by atoms with Gasteiger partial charge in [-0.15, -0.1) is 0 Å². The van der Waals surface area contributed by atoms with Gasteiger partial charge in [-0.3, -0.25) is 9.59 Å². The lowest BCUT2D eigenvalue weighted by molar-refractivity contribution is 0.0644. The fourth-order valence-corrected chi connectivity index (χ4v) is 5.59. The standard InChI is InChI=1S/C42H36N2O2/c45-41(39-25-21-37(22-26-39)35-17-9-3-10-18-35)43(31-33-13-5-1-6-14-33)29-30-44(32-34-15-7-2-8-16-34)42(46)40-27-23-38(24-28-40)36-19-11-4-12-20-36/h1-28H,29-32H2. The zero-order chi connectivity index (χ0) is 31.6. The van der Waals surface area contributed by atoms with Crippen molar-refractivity contribution < 1.29 is 9.59 Å². The van der Waals surface area contributed by atoms with Gasteiger partial charge in [-0.25, -0.2) is 0 Å². The van der Waals surface area contributed by atoms with E-state index in [4.69, 9.17) is 0 Å². The zero-order valence-corrected chi connectivity index (χ0v) is 25.7. The molecule has 0 saturated heterocycles. The molecule has 6 rings (SSSR count). The van der Waals surface area contributed by atoms with Gasteiger partial charge >= 0.3 is 0 Å². The molecule has 6 aromatic carbocycles. The van der Waals surface area contributed by atoms with Crippen LogP contribution in [0.25, 0.3) is 22.3 Å². The molecule has 0 aliphatic carbocycles. The Kier molecular flexibility index (Phi) is 9.76. The van der Waals surface area contributed by atoms with Crippen molar-refractivity contribution in [3.05, 3.63) is 192 Å². The van der Waals surface area contributed by atoms with E-state index >= 15 is 0 Å². The summed E-state index contributed by atoms with van der Waals surface area (Å²) >= 11 is 0. The van der Waals surface area contributed by atoms with Crippen LogP contribution in [0.3, 0.4) is 0 Å². The van der Waals surface area contributed by atoms with E-state index in [-0.39, 0.29) is 11.8 Å². The van der Waals surface area contributed by atoms with Crippen LogP contribution in [0.2, 0.25) is 0 Å². The predicted octanol–water partition coefficient (Wildman–Crippen LogP) is 9.01. The van der Waals surface area contributed by atoms with Crippen molar-refractivity contribution in [2.75, 3.05) is 13.1 Å². The number of carbonyl (C=O) groups is 2. The Bertz CT molecular complexity index is 1700. The SMILES string of the molecule is O=C(c1ccc(-c2ccccc2)cc1)N(CCN(Cc1ccccc1)C(=O)c1ccc(-c2ccccc2)cc1)Cc1ccccc1. The predicted molar refractivity (Wildman–Crippen MR) is 186 cm³/mol. The molecule has 2 amide bonds. The minimum atomic E-state index is -0.0669. The molecule has 0 saturated carbocycles. The Balaban J connectivity index is 1.24. The average molecular weight is 601 g/mol. The highest BCUT2D eigenvalue weighted by Gasteiger charge is 2.21. The molecule has 0 aliphatic heterocycles. The zero-order valence-electron chi connectivity index (χ0n) is 25.7. The molecule has 0 atom stereocenters. The van der Waals surface area contributed by atoms with E-state index in [1.54, 1.807) is 0 Å². The highest BCUT2D eigenvalue weighted by molar-refractivity contribution is 5.96. The van der Waals surface area contributed by atoms with Gasteiger partial charge in [0, 0.05) is 37.3 Å². The molecule has 0 heterocycles. The molecule has 226 valence electrons. The average Bonchev–Trinajstić information content (AvgIpc) is 3.14. The molecule has 0 aliphatic rings. The van der Waals surface area contributed by atoms with Gasteiger partial charge in [0.05, 0.1) is 0 Å². The third-order valence-electron chi connectivity index (χ3n) is 8.12. The van der Waals surface area contributed by atoms with Crippen LogP contribution in [0.5, 0.6) is 0 Å². The summed E-state index contributed by atoms with van der Waals surface area (Å²) in [7, 11) is 0. The molecule has 0 aromatic heterocycles. The third-order valence-corrected chi connectivity index (χ3v) is 8.12. The second-order valence-electron chi connectivity index (χ2n) is 11.3. The second-order valence-corrected chi connectivity index (χ2v) is 11.3. The van der Waals surface area contributed by atoms with Gasteiger partial charge in [0.15, 0.2) is 0 Å². The van der Waals surface area contributed by atoms with Crippen LogP contribution in [0.1, 0.15) is 31.8 Å². The summed E-state index contributed by atoms with van der Waals surface area (Å²) in [5.74, 6) is -0.134. The number of hydrogen-bond donors (Lipinski definition) is 0. The molecule has 0 bridgehead atoms. The summed E-state index contributed by atoms with van der Waals surface area (Å²) in [6, 6.07) is 55.8. The van der Waals surface area contributed by atoms with Crippen molar-refractivity contribution >= 4 is 11.8 Å². The van der Waals surface area contributed by atoms with E-state index < -0.39 is 0 Å². The van der Waals surface area contributed by atoms with Crippen molar-refractivity contribution in [2.45, 2.75) is 13.1 Å². The lowest BCUT2D eigenvalue weighted by Gasteiger charge is -2.29. The molecule has 4 nitrogen and oxygen atoms in total. The van der Waals surface area contributed by atoms with Crippen molar-refractivity contribution in [1.82, 2.24) is 9.80 Å². The fraction of sp³-hybridized carbons (Fsp3) is 0.0952. The summed E-state index contributed by atoms with van der Waals surface area (Å²) in [4.78, 5) is 31.7. The van der Waals surface area contributed by atoms with Crippen LogP contribution < -0.4 is 0 Å². The number of carbonyl (C=O) groups excluding carboxylic acids is 2. The third kappa shape index (κ3) is 7.66. The minimum absolute atomic E-state index is 0.0669. The van der Waals surface area contributed by atoms with Crippen molar-refractivity contribution in [2.24, 2.45) is 0 Å². The van der Waals surface area contributed by atoms with Crippen LogP contribution >= 0.6 is 0 Å². The highest BCUT2D eigenvalue weighted by Crippen LogP contribution is 2.22. The summed E-state index contributed by atoms with van der Waals surface area (Å²) in [5, 5.41) is 0. The topological polar surface area (TPSA) is 40.6 Å². The van der Waals surface area contributed by atoms with Crippen molar-refractivity contribution in [3.8, 4) is 22.3 Å². The Hall–Kier alpha value is -5.74. The van der Waals surface area contributed by atoms with Crippen LogP contribution in [0.4, 0.5) is 0 Å². The summed E-state index contributed by atoms with van der Waals surface area (Å²) < 4.78 is 0. The number of benzene rings is 6. The first kappa shape index (κ1) is 30.3. The lowest BCUT2D eigenvalue weighted by Crippen LogP contribution is -2.40. The minimum Gasteiger partial charge on any atom is -0.333 e. The van der Waals surface area contributed by atoms with Gasteiger partial charge in [-0.1, -0.05) is 146 Å². The first-order chi connectivity index (χ1) is 22.6. The van der Waals surface area contributed by atoms with Gasteiger partial charge in [0.25, 0.3) is 11.8 Å². The van der Waals surface area contributed by atoms with Gasteiger partial charge in [0.1, 0.15) is 0 Å². The number of hydrogen-bond acceptors (Lipinski definition) is 2. The summed E-state index contributed by atoms with van der Waals surface area (Å²) in [6.07, 6.45) is 0. The molecule has 0 unspecified atom stereocenters. The fourth-order valence-electron chi connectivity index (χ4n) is 5.59. The van der Waals surface area contributed by atoms with Crippen LogP contribution in [-0.4, -0.2) is 34.7 Å². The smallest absolute Gasteiger partial charge is 0.254 e. The van der Waals surface area contributed by atoms with Crippen LogP contribution in [0, 0.1) is 0 Å². The van der Waals surface area contributed by atoms with Crippen molar-refractivity contribution in [3.63, 3.8) is 0 Å². The van der Waals surface area contributed by atoms with E-state index in [0.717, 1.165) is 33.4 Å². The lowest BCUT2D eigenvalue weighted by atomic mass is 10.0. The van der Waals surface area contributed by atoms with Crippen molar-refractivity contribution in [1.29, 1.82) is 0 Å². The van der Waals surface area contributed by atoms with Crippen LogP contribution in [0.15, 0.2) is 170 Å². The maximum atomic E-state index is 14.0. The Labute approximate surface area is 271 Å². The summed E-state index contributed by atoms with van der Waals surface area (Å²) in [5.41, 5.74) is 7.64. The molecule has 4 heteroatoms. The Morgan fingerprint density at radius 3 is 0.957 bits per heavy atom.